The molecule has 0 aromatic carbocycles. The molecule has 2 aliphatic rings. The van der Waals surface area contributed by atoms with E-state index in [1.165, 1.54) is 280 Å². The van der Waals surface area contributed by atoms with Crippen LogP contribution in [0.3, 0.4) is 0 Å². The number of hydrogen-bond donors (Lipinski definition) is 0. The smallest absolute Gasteiger partial charge is 0.261 e. The van der Waals surface area contributed by atoms with Crippen LogP contribution in [0.1, 0.15) is 344 Å². The normalized spacial score (nSPS) is 14.1. The standard InChI is InChI=1S/C86H128N2O2S6/c1-9-17-25-33-35-39-47-65(45-37-27-19-11-3)63-87-79(75-61-69(51-43-31-23-15-7)83(95-75)73-55-53-71(93-73)81-67(57-59-91-81)49-41-29-21-13-5)77-78(85(87)89)80(88(86(77)90)64-66(46-38-28-20-12-4)48-40-36-34-26-18-10-2)76-62-70(52-44-32-24-16-8)84(96-76)74-56-54-72(94-74)82-68(58-60-92-82)50-42-30-22-14-6/h53-62,65-66H,9-52,63-64H2,1-8H3. The van der Waals surface area contributed by atoms with E-state index >= 15 is 9.59 Å². The Kier molecular flexibility index (Phi) is 36.0. The maximum atomic E-state index is 16.9. The van der Waals surface area contributed by atoms with E-state index in [1.807, 2.05) is 68.0 Å². The van der Waals surface area contributed by atoms with Gasteiger partial charge in [0, 0.05) is 52.1 Å². The van der Waals surface area contributed by atoms with Gasteiger partial charge in [0.1, 0.15) is 0 Å². The third kappa shape index (κ3) is 22.8. The molecule has 6 aromatic rings. The van der Waals surface area contributed by atoms with Crippen LogP contribution in [0.5, 0.6) is 0 Å². The van der Waals surface area contributed by atoms with Gasteiger partial charge in [0.25, 0.3) is 11.8 Å². The summed E-state index contributed by atoms with van der Waals surface area (Å²) in [5.41, 5.74) is 9.01. The summed E-state index contributed by atoms with van der Waals surface area (Å²) in [5, 5.41) is 4.61. The minimum atomic E-state index is 0.0757. The fraction of sp³-hybridized carbons (Fsp3) is 0.651. The molecular weight excluding hydrogens is 1290 g/mol. The minimum absolute atomic E-state index is 0.0757. The van der Waals surface area contributed by atoms with Gasteiger partial charge < -0.3 is 9.80 Å². The van der Waals surface area contributed by atoms with Crippen molar-refractivity contribution in [2.75, 3.05) is 13.1 Å². The van der Waals surface area contributed by atoms with E-state index in [2.05, 4.69) is 124 Å². The zero-order valence-corrected chi connectivity index (χ0v) is 66.5. The van der Waals surface area contributed by atoms with Crippen molar-refractivity contribution in [2.24, 2.45) is 11.8 Å². The molecule has 2 aliphatic heterocycles. The van der Waals surface area contributed by atoms with Crippen LogP contribution in [0.25, 0.3) is 50.4 Å². The van der Waals surface area contributed by atoms with E-state index < -0.39 is 0 Å². The molecule has 2 amide bonds. The predicted molar refractivity (Wildman–Crippen MR) is 431 cm³/mol. The Morgan fingerprint density at radius 2 is 0.562 bits per heavy atom. The number of carbonyl (C=O) groups is 2. The molecule has 4 nitrogen and oxygen atoms in total. The van der Waals surface area contributed by atoms with Gasteiger partial charge in [-0.25, -0.2) is 0 Å². The molecule has 96 heavy (non-hydrogen) atoms. The Bertz CT molecular complexity index is 3030. The van der Waals surface area contributed by atoms with Gasteiger partial charge in [-0.1, -0.05) is 261 Å². The van der Waals surface area contributed by atoms with Gasteiger partial charge in [-0.05, 0) is 170 Å². The molecule has 6 aromatic heterocycles. The number of thiophene rings is 6. The third-order valence-corrected chi connectivity index (χ3v) is 28.0. The molecule has 2 atom stereocenters. The Morgan fingerprint density at radius 1 is 0.292 bits per heavy atom. The third-order valence-electron chi connectivity index (χ3n) is 20.8. The van der Waals surface area contributed by atoms with Crippen LogP contribution in [-0.2, 0) is 35.3 Å². The lowest BCUT2D eigenvalue weighted by molar-refractivity contribution is -0.124. The summed E-state index contributed by atoms with van der Waals surface area (Å²) in [7, 11) is 0. The van der Waals surface area contributed by atoms with Crippen LogP contribution in [0.2, 0.25) is 0 Å². The first kappa shape index (κ1) is 78.3. The number of carbonyl (C=O) groups excluding carboxylic acids is 2. The number of amides is 2. The van der Waals surface area contributed by atoms with Crippen molar-refractivity contribution in [2.45, 2.75) is 338 Å². The van der Waals surface area contributed by atoms with Crippen molar-refractivity contribution in [3.63, 3.8) is 0 Å². The zero-order valence-electron chi connectivity index (χ0n) is 61.6. The van der Waals surface area contributed by atoms with Crippen LogP contribution in [-0.4, -0.2) is 34.7 Å². The van der Waals surface area contributed by atoms with Crippen LogP contribution in [0.4, 0.5) is 0 Å². The van der Waals surface area contributed by atoms with Gasteiger partial charge in [0.05, 0.1) is 32.3 Å². The average Bonchev–Trinajstić information content (AvgIpc) is 1.55. The molecule has 0 bridgehead atoms. The summed E-state index contributed by atoms with van der Waals surface area (Å²) in [6.07, 6.45) is 53.4. The number of nitrogens with zero attached hydrogens (tertiary/aromatic N) is 2. The molecule has 0 saturated carbocycles. The molecule has 10 heteroatoms. The first-order valence-electron chi connectivity index (χ1n) is 39.9. The van der Waals surface area contributed by atoms with E-state index in [1.54, 1.807) is 0 Å². The highest BCUT2D eigenvalue weighted by Gasteiger charge is 2.50. The Balaban J connectivity index is 1.32. The quantitative estimate of drug-likeness (QED) is 0.0357. The Morgan fingerprint density at radius 3 is 0.885 bits per heavy atom. The highest BCUT2D eigenvalue weighted by Crippen LogP contribution is 2.54. The van der Waals surface area contributed by atoms with Crippen molar-refractivity contribution >= 4 is 91.2 Å². The van der Waals surface area contributed by atoms with E-state index in [4.69, 9.17) is 0 Å². The summed E-state index contributed by atoms with van der Waals surface area (Å²) < 4.78 is 0. The second-order valence-electron chi connectivity index (χ2n) is 28.9. The van der Waals surface area contributed by atoms with Crippen LogP contribution in [0.15, 0.2) is 70.4 Å². The first-order valence-corrected chi connectivity index (χ1v) is 45.0. The van der Waals surface area contributed by atoms with Crippen molar-refractivity contribution in [1.29, 1.82) is 0 Å². The van der Waals surface area contributed by atoms with E-state index in [0.29, 0.717) is 36.1 Å². The van der Waals surface area contributed by atoms with Crippen molar-refractivity contribution in [3.8, 4) is 39.0 Å². The molecule has 530 valence electrons. The summed E-state index contributed by atoms with van der Waals surface area (Å²) in [4.78, 5) is 51.4. The van der Waals surface area contributed by atoms with Crippen LogP contribution in [0, 0.1) is 11.8 Å². The van der Waals surface area contributed by atoms with Crippen molar-refractivity contribution < 1.29 is 9.59 Å². The maximum Gasteiger partial charge on any atom is 0.261 e. The van der Waals surface area contributed by atoms with Gasteiger partial charge >= 0.3 is 0 Å². The summed E-state index contributed by atoms with van der Waals surface area (Å²) >= 11 is 11.5. The topological polar surface area (TPSA) is 40.6 Å². The molecule has 0 fully saturated rings. The predicted octanol–water partition coefficient (Wildman–Crippen LogP) is 29.7. The molecule has 0 aliphatic carbocycles. The first-order chi connectivity index (χ1) is 47.2. The molecule has 2 unspecified atom stereocenters. The fourth-order valence-corrected chi connectivity index (χ4v) is 22.2. The number of rotatable bonds is 54. The van der Waals surface area contributed by atoms with Gasteiger partial charge in [0.2, 0.25) is 0 Å². The van der Waals surface area contributed by atoms with Crippen LogP contribution >= 0.6 is 68.0 Å². The second kappa shape index (κ2) is 44.1. The largest absolute Gasteiger partial charge is 0.306 e. The highest BCUT2D eigenvalue weighted by atomic mass is 32.1. The Hall–Kier alpha value is -3.38. The van der Waals surface area contributed by atoms with Crippen molar-refractivity contribution in [1.82, 2.24) is 9.80 Å². The van der Waals surface area contributed by atoms with Crippen LogP contribution < -0.4 is 0 Å². The van der Waals surface area contributed by atoms with Crippen molar-refractivity contribution in [3.05, 3.63) is 102 Å². The van der Waals surface area contributed by atoms with E-state index in [-0.39, 0.29) is 11.8 Å². The molecule has 0 N–H and O–H groups in total. The lowest BCUT2D eigenvalue weighted by atomic mass is 9.93. The van der Waals surface area contributed by atoms with Gasteiger partial charge in [-0.3, -0.25) is 9.59 Å². The average molecular weight is 1410 g/mol. The van der Waals surface area contributed by atoms with E-state index in [0.717, 1.165) is 85.4 Å². The summed E-state index contributed by atoms with van der Waals surface area (Å²) in [6, 6.07) is 19.3. The van der Waals surface area contributed by atoms with Gasteiger partial charge in [-0.15, -0.1) is 68.0 Å². The number of fused-ring (bicyclic) bond motifs is 1. The summed E-state index contributed by atoms with van der Waals surface area (Å²) in [5.74, 6) is 0.869. The molecule has 8 heterocycles. The Labute approximate surface area is 610 Å². The number of aryl methyl sites for hydroxylation is 4. The SMILES string of the molecule is CCCCCCCCC(CCCCCC)CN1C(=O)C2=C(c3cc(CCCCCC)c(-c4ccc(-c5sccc5CCCCCC)s4)s3)N(CC(CCCCCC)CCCCCCCC)C(=O)C2=C1c1cc(CCCCCC)c(-c2ccc(-c3sccc3CCCCCC)s2)s1. The highest BCUT2D eigenvalue weighted by molar-refractivity contribution is 7.27. The minimum Gasteiger partial charge on any atom is -0.306 e. The lowest BCUT2D eigenvalue weighted by Crippen LogP contribution is -2.34. The van der Waals surface area contributed by atoms with Gasteiger partial charge in [0.15, 0.2) is 0 Å². The number of hydrogen-bond acceptors (Lipinski definition) is 8. The maximum absolute atomic E-state index is 16.9. The zero-order chi connectivity index (χ0) is 67.7. The van der Waals surface area contributed by atoms with Gasteiger partial charge in [-0.2, -0.15) is 0 Å². The van der Waals surface area contributed by atoms with E-state index in [9.17, 15) is 0 Å². The molecule has 0 spiro atoms. The molecule has 0 radical (unpaired) electrons. The fourth-order valence-electron chi connectivity index (χ4n) is 15.1. The monoisotopic (exact) mass is 1410 g/mol. The molecule has 8 rings (SSSR count). The molecule has 0 saturated heterocycles. The molecular formula is C86H128N2O2S6. The lowest BCUT2D eigenvalue weighted by Gasteiger charge is -2.29. The number of unbranched alkanes of at least 4 members (excludes halogenated alkanes) is 28. The summed E-state index contributed by atoms with van der Waals surface area (Å²) in [6.45, 7) is 19.9. The second-order valence-corrected chi connectivity index (χ2v) is 35.0.